The molecule has 0 aromatic heterocycles. The van der Waals surface area contributed by atoms with Gasteiger partial charge in [0, 0.05) is 31.3 Å². The lowest BCUT2D eigenvalue weighted by atomic mass is 10.1. The molecule has 0 spiro atoms. The molecule has 0 radical (unpaired) electrons. The Morgan fingerprint density at radius 1 is 1.42 bits per heavy atom. The highest BCUT2D eigenvalue weighted by Crippen LogP contribution is 2.20. The average Bonchev–Trinajstić information content (AvgIpc) is 2.42. The van der Waals surface area contributed by atoms with E-state index >= 15 is 0 Å². The van der Waals surface area contributed by atoms with Crippen LogP contribution in [0.15, 0.2) is 0 Å². The van der Waals surface area contributed by atoms with E-state index in [-0.39, 0.29) is 17.9 Å². The van der Waals surface area contributed by atoms with Gasteiger partial charge in [0.05, 0.1) is 5.75 Å². The highest BCUT2D eigenvalue weighted by Gasteiger charge is 2.24. The number of hydrogen-bond acceptors (Lipinski definition) is 4. The first-order valence-electron chi connectivity index (χ1n) is 7.01. The normalized spacial score (nSPS) is 25.4. The number of carbonyl (C=O) groups excluding carboxylic acids is 2. The van der Waals surface area contributed by atoms with Crippen LogP contribution in [0.2, 0.25) is 0 Å². The summed E-state index contributed by atoms with van der Waals surface area (Å²) in [7, 11) is 1.80. The number of thioether (sulfide) groups is 1. The summed E-state index contributed by atoms with van der Waals surface area (Å²) in [5.41, 5.74) is 0. The molecule has 2 aliphatic heterocycles. The number of piperidine rings is 2. The molecule has 1 atom stereocenters. The Morgan fingerprint density at radius 3 is 2.84 bits per heavy atom. The molecule has 0 aromatic rings. The lowest BCUT2D eigenvalue weighted by molar-refractivity contribution is -0.133. The predicted octanol–water partition coefficient (Wildman–Crippen LogP) is 0.209. The number of amides is 2. The zero-order valence-corrected chi connectivity index (χ0v) is 12.3. The van der Waals surface area contributed by atoms with Crippen molar-refractivity contribution in [1.82, 2.24) is 15.5 Å². The van der Waals surface area contributed by atoms with Crippen LogP contribution in [0.25, 0.3) is 0 Å². The van der Waals surface area contributed by atoms with Crippen molar-refractivity contribution in [3.05, 3.63) is 0 Å². The molecule has 0 aromatic carbocycles. The van der Waals surface area contributed by atoms with Crippen molar-refractivity contribution >= 4 is 23.6 Å². The first-order chi connectivity index (χ1) is 9.15. The summed E-state index contributed by atoms with van der Waals surface area (Å²) in [6, 6.07) is 0.129. The van der Waals surface area contributed by atoms with Gasteiger partial charge in [-0.2, -0.15) is 0 Å². The van der Waals surface area contributed by atoms with Crippen molar-refractivity contribution in [1.29, 1.82) is 0 Å². The SMILES string of the molecule is CN1CC(NC(=O)CSC2CCNCC2)CCC1=O. The lowest BCUT2D eigenvalue weighted by Crippen LogP contribution is -2.49. The molecule has 0 bridgehead atoms. The van der Waals surface area contributed by atoms with Crippen LogP contribution in [-0.4, -0.2) is 60.4 Å². The van der Waals surface area contributed by atoms with Gasteiger partial charge >= 0.3 is 0 Å². The number of likely N-dealkylation sites (tertiary alicyclic amines) is 1. The molecule has 108 valence electrons. The summed E-state index contributed by atoms with van der Waals surface area (Å²) in [6.45, 7) is 2.77. The van der Waals surface area contributed by atoms with E-state index in [1.54, 1.807) is 23.7 Å². The van der Waals surface area contributed by atoms with E-state index in [1.807, 2.05) is 0 Å². The van der Waals surface area contributed by atoms with Crippen molar-refractivity contribution < 1.29 is 9.59 Å². The molecule has 19 heavy (non-hydrogen) atoms. The largest absolute Gasteiger partial charge is 0.351 e. The van der Waals surface area contributed by atoms with Crippen LogP contribution in [0.4, 0.5) is 0 Å². The number of carbonyl (C=O) groups is 2. The Bertz CT molecular complexity index is 332. The first-order valence-corrected chi connectivity index (χ1v) is 8.05. The molecule has 2 fully saturated rings. The van der Waals surface area contributed by atoms with Crippen molar-refractivity contribution in [2.24, 2.45) is 0 Å². The van der Waals surface area contributed by atoms with Gasteiger partial charge in [0.15, 0.2) is 0 Å². The first kappa shape index (κ1) is 14.7. The van der Waals surface area contributed by atoms with Gasteiger partial charge < -0.3 is 15.5 Å². The molecule has 0 saturated carbocycles. The van der Waals surface area contributed by atoms with Gasteiger partial charge in [-0.3, -0.25) is 9.59 Å². The van der Waals surface area contributed by atoms with E-state index in [4.69, 9.17) is 0 Å². The van der Waals surface area contributed by atoms with Gasteiger partial charge in [0.2, 0.25) is 11.8 Å². The van der Waals surface area contributed by atoms with Gasteiger partial charge in [-0.25, -0.2) is 0 Å². The molecule has 0 aliphatic carbocycles. The molecule has 6 heteroatoms. The molecule has 2 heterocycles. The van der Waals surface area contributed by atoms with Gasteiger partial charge in [-0.1, -0.05) is 0 Å². The number of likely N-dealkylation sites (N-methyl/N-ethyl adjacent to an activating group) is 1. The van der Waals surface area contributed by atoms with Crippen LogP contribution >= 0.6 is 11.8 Å². The fourth-order valence-corrected chi connectivity index (χ4v) is 3.59. The Kier molecular flexibility index (Phi) is 5.51. The fourth-order valence-electron chi connectivity index (χ4n) is 2.56. The minimum absolute atomic E-state index is 0.108. The van der Waals surface area contributed by atoms with E-state index in [9.17, 15) is 9.59 Å². The molecule has 5 nitrogen and oxygen atoms in total. The highest BCUT2D eigenvalue weighted by atomic mass is 32.2. The summed E-state index contributed by atoms with van der Waals surface area (Å²) >= 11 is 1.76. The molecular formula is C13H23N3O2S. The van der Waals surface area contributed by atoms with Gasteiger partial charge in [-0.15, -0.1) is 11.8 Å². The molecule has 2 aliphatic rings. The predicted molar refractivity (Wildman–Crippen MR) is 77.2 cm³/mol. The molecular weight excluding hydrogens is 262 g/mol. The second-order valence-electron chi connectivity index (χ2n) is 5.34. The number of rotatable bonds is 4. The zero-order valence-electron chi connectivity index (χ0n) is 11.5. The lowest BCUT2D eigenvalue weighted by Gasteiger charge is -2.30. The van der Waals surface area contributed by atoms with Gasteiger partial charge in [0.25, 0.3) is 0 Å². The summed E-state index contributed by atoms with van der Waals surface area (Å²) in [6.07, 6.45) is 3.62. The van der Waals surface area contributed by atoms with Crippen LogP contribution in [0.5, 0.6) is 0 Å². The summed E-state index contributed by atoms with van der Waals surface area (Å²) < 4.78 is 0. The van der Waals surface area contributed by atoms with E-state index < -0.39 is 0 Å². The third-order valence-electron chi connectivity index (χ3n) is 3.73. The third kappa shape index (κ3) is 4.69. The number of nitrogens with one attached hydrogen (secondary N) is 2. The number of hydrogen-bond donors (Lipinski definition) is 2. The molecule has 2 rings (SSSR count). The zero-order chi connectivity index (χ0) is 13.7. The smallest absolute Gasteiger partial charge is 0.230 e. The fraction of sp³-hybridized carbons (Fsp3) is 0.846. The maximum absolute atomic E-state index is 11.9. The van der Waals surface area contributed by atoms with Gasteiger partial charge in [0.1, 0.15) is 0 Å². The second kappa shape index (κ2) is 7.14. The van der Waals surface area contributed by atoms with Crippen molar-refractivity contribution in [3.8, 4) is 0 Å². The Hall–Kier alpha value is -0.750. The minimum Gasteiger partial charge on any atom is -0.351 e. The van der Waals surface area contributed by atoms with E-state index in [1.165, 1.54) is 0 Å². The third-order valence-corrected chi connectivity index (χ3v) is 5.10. The molecule has 2 amide bonds. The minimum atomic E-state index is 0.108. The van der Waals surface area contributed by atoms with E-state index in [0.717, 1.165) is 32.4 Å². The molecule has 2 saturated heterocycles. The quantitative estimate of drug-likeness (QED) is 0.775. The van der Waals surface area contributed by atoms with Crippen LogP contribution < -0.4 is 10.6 Å². The Balaban J connectivity index is 1.65. The van der Waals surface area contributed by atoms with Crippen LogP contribution in [0.1, 0.15) is 25.7 Å². The standard InChI is InChI=1S/C13H23N3O2S/c1-16-8-10(2-3-13(16)18)15-12(17)9-19-11-4-6-14-7-5-11/h10-11,14H,2-9H2,1H3,(H,15,17). The summed E-state index contributed by atoms with van der Waals surface area (Å²) in [4.78, 5) is 25.0. The summed E-state index contributed by atoms with van der Waals surface area (Å²) in [5.74, 6) is 0.824. The average molecular weight is 285 g/mol. The molecule has 1 unspecified atom stereocenters. The maximum atomic E-state index is 11.9. The topological polar surface area (TPSA) is 61.4 Å². The second-order valence-corrected chi connectivity index (χ2v) is 6.63. The van der Waals surface area contributed by atoms with Crippen LogP contribution in [-0.2, 0) is 9.59 Å². The Morgan fingerprint density at radius 2 is 2.16 bits per heavy atom. The van der Waals surface area contributed by atoms with E-state index in [0.29, 0.717) is 24.0 Å². The van der Waals surface area contributed by atoms with Crippen LogP contribution in [0.3, 0.4) is 0 Å². The van der Waals surface area contributed by atoms with Crippen molar-refractivity contribution in [2.45, 2.75) is 37.0 Å². The van der Waals surface area contributed by atoms with Crippen molar-refractivity contribution in [2.75, 3.05) is 32.4 Å². The highest BCUT2D eigenvalue weighted by molar-refractivity contribution is 8.00. The van der Waals surface area contributed by atoms with Gasteiger partial charge in [-0.05, 0) is 32.4 Å². The number of nitrogens with zero attached hydrogens (tertiary/aromatic N) is 1. The Labute approximate surface area is 118 Å². The van der Waals surface area contributed by atoms with Crippen molar-refractivity contribution in [3.63, 3.8) is 0 Å². The molecule has 2 N–H and O–H groups in total. The van der Waals surface area contributed by atoms with E-state index in [2.05, 4.69) is 10.6 Å². The maximum Gasteiger partial charge on any atom is 0.230 e. The van der Waals surface area contributed by atoms with Crippen LogP contribution in [0, 0.1) is 0 Å². The monoisotopic (exact) mass is 285 g/mol. The summed E-state index contributed by atoms with van der Waals surface area (Å²) in [5, 5.41) is 6.98.